The van der Waals surface area contributed by atoms with Crippen molar-refractivity contribution in [2.75, 3.05) is 33.4 Å². The summed E-state index contributed by atoms with van der Waals surface area (Å²) < 4.78 is 10.3. The van der Waals surface area contributed by atoms with Gasteiger partial charge in [-0.2, -0.15) is 0 Å². The highest BCUT2D eigenvalue weighted by Gasteiger charge is 2.33. The lowest BCUT2D eigenvalue weighted by molar-refractivity contribution is 0.0406. The van der Waals surface area contributed by atoms with Crippen LogP contribution >= 0.6 is 0 Å². The van der Waals surface area contributed by atoms with Crippen LogP contribution in [0.1, 0.15) is 56.6 Å². The molecule has 1 aromatic carbocycles. The van der Waals surface area contributed by atoms with Gasteiger partial charge in [-0.15, -0.1) is 0 Å². The van der Waals surface area contributed by atoms with Gasteiger partial charge in [-0.25, -0.2) is 14.8 Å². The number of amides is 2. The lowest BCUT2D eigenvalue weighted by atomic mass is 10.1. The summed E-state index contributed by atoms with van der Waals surface area (Å²) in [5.74, 6) is -0.00826. The van der Waals surface area contributed by atoms with Gasteiger partial charge in [0.15, 0.2) is 0 Å². The SMILES string of the molecule is CCOC(=O)c1c(C)nc(C)nc1C(=O)N1CCN(C(=O)c2ccc(OC)cc2)C(C)C1. The molecule has 1 unspecified atom stereocenters. The number of carbonyl (C=O) groups excluding carboxylic acids is 3. The number of ether oxygens (including phenoxy) is 2. The molecule has 1 aliphatic rings. The fourth-order valence-electron chi connectivity index (χ4n) is 3.81. The third kappa shape index (κ3) is 4.71. The first-order chi connectivity index (χ1) is 15.3. The minimum Gasteiger partial charge on any atom is -0.497 e. The smallest absolute Gasteiger partial charge is 0.342 e. The lowest BCUT2D eigenvalue weighted by Gasteiger charge is -2.40. The van der Waals surface area contributed by atoms with Crippen LogP contribution in [0.4, 0.5) is 0 Å². The molecule has 0 saturated carbocycles. The average molecular weight is 441 g/mol. The van der Waals surface area contributed by atoms with Gasteiger partial charge in [0.2, 0.25) is 0 Å². The van der Waals surface area contributed by atoms with Crippen molar-refractivity contribution in [2.45, 2.75) is 33.7 Å². The molecule has 9 heteroatoms. The Hall–Kier alpha value is -3.49. The Morgan fingerprint density at radius 3 is 2.34 bits per heavy atom. The zero-order valence-electron chi connectivity index (χ0n) is 19.0. The van der Waals surface area contributed by atoms with E-state index in [9.17, 15) is 14.4 Å². The molecule has 3 rings (SSSR count). The van der Waals surface area contributed by atoms with Gasteiger partial charge in [-0.1, -0.05) is 0 Å². The Kier molecular flexibility index (Phi) is 7.07. The van der Waals surface area contributed by atoms with Crippen molar-refractivity contribution >= 4 is 17.8 Å². The summed E-state index contributed by atoms with van der Waals surface area (Å²) in [5, 5.41) is 0. The molecular formula is C23H28N4O5. The second-order valence-corrected chi connectivity index (χ2v) is 7.63. The van der Waals surface area contributed by atoms with Gasteiger partial charge in [-0.3, -0.25) is 9.59 Å². The summed E-state index contributed by atoms with van der Waals surface area (Å²) in [6.45, 7) is 8.13. The molecule has 0 spiro atoms. The minimum atomic E-state index is -0.616. The van der Waals surface area contributed by atoms with Crippen molar-refractivity contribution in [1.29, 1.82) is 0 Å². The van der Waals surface area contributed by atoms with Crippen LogP contribution in [0.3, 0.4) is 0 Å². The molecule has 0 N–H and O–H groups in total. The normalized spacial score (nSPS) is 16.0. The van der Waals surface area contributed by atoms with Crippen molar-refractivity contribution in [3.63, 3.8) is 0 Å². The van der Waals surface area contributed by atoms with E-state index in [2.05, 4.69) is 9.97 Å². The number of aromatic nitrogens is 2. The van der Waals surface area contributed by atoms with Gasteiger partial charge in [-0.05, 0) is 52.0 Å². The van der Waals surface area contributed by atoms with E-state index in [0.717, 1.165) is 0 Å². The molecule has 0 aliphatic carbocycles. The molecule has 1 aromatic heterocycles. The number of rotatable bonds is 5. The summed E-state index contributed by atoms with van der Waals surface area (Å²) in [5.41, 5.74) is 1.09. The van der Waals surface area contributed by atoms with Gasteiger partial charge in [0.05, 0.1) is 19.4 Å². The quantitative estimate of drug-likeness (QED) is 0.657. The molecule has 1 atom stereocenters. The van der Waals surface area contributed by atoms with Crippen LogP contribution in [0.5, 0.6) is 5.75 Å². The van der Waals surface area contributed by atoms with Gasteiger partial charge in [0.25, 0.3) is 11.8 Å². The number of carbonyl (C=O) groups is 3. The monoisotopic (exact) mass is 440 g/mol. The lowest BCUT2D eigenvalue weighted by Crippen LogP contribution is -2.55. The zero-order chi connectivity index (χ0) is 23.4. The first kappa shape index (κ1) is 23.2. The summed E-state index contributed by atoms with van der Waals surface area (Å²) in [4.78, 5) is 50.6. The van der Waals surface area contributed by atoms with Gasteiger partial charge < -0.3 is 19.3 Å². The van der Waals surface area contributed by atoms with E-state index in [-0.39, 0.29) is 35.7 Å². The molecule has 2 heterocycles. The first-order valence-electron chi connectivity index (χ1n) is 10.5. The fraction of sp³-hybridized carbons (Fsp3) is 0.435. The fourth-order valence-corrected chi connectivity index (χ4v) is 3.81. The van der Waals surface area contributed by atoms with E-state index >= 15 is 0 Å². The van der Waals surface area contributed by atoms with E-state index in [4.69, 9.17) is 9.47 Å². The Balaban J connectivity index is 1.78. The van der Waals surface area contributed by atoms with E-state index in [0.29, 0.717) is 42.5 Å². The molecule has 9 nitrogen and oxygen atoms in total. The minimum absolute atomic E-state index is 0.0376. The molecule has 170 valence electrons. The molecule has 1 aliphatic heterocycles. The molecule has 1 saturated heterocycles. The largest absolute Gasteiger partial charge is 0.497 e. The van der Waals surface area contributed by atoms with Crippen LogP contribution in [-0.2, 0) is 4.74 Å². The Bertz CT molecular complexity index is 1020. The highest BCUT2D eigenvalue weighted by Crippen LogP contribution is 2.20. The number of nitrogens with zero attached hydrogens (tertiary/aromatic N) is 4. The number of aryl methyl sites for hydroxylation is 2. The molecule has 2 amide bonds. The molecular weight excluding hydrogens is 412 g/mol. The number of piperazine rings is 1. The van der Waals surface area contributed by atoms with E-state index in [1.165, 1.54) is 0 Å². The summed E-state index contributed by atoms with van der Waals surface area (Å²) in [7, 11) is 1.57. The van der Waals surface area contributed by atoms with Crippen LogP contribution < -0.4 is 4.74 Å². The molecule has 0 bridgehead atoms. The van der Waals surface area contributed by atoms with Gasteiger partial charge in [0.1, 0.15) is 22.8 Å². The topological polar surface area (TPSA) is 102 Å². The van der Waals surface area contributed by atoms with Crippen LogP contribution in [-0.4, -0.2) is 76.9 Å². The zero-order valence-corrected chi connectivity index (χ0v) is 19.0. The second kappa shape index (κ2) is 9.76. The maximum atomic E-state index is 13.3. The maximum absolute atomic E-state index is 13.3. The highest BCUT2D eigenvalue weighted by molar-refractivity contribution is 6.04. The van der Waals surface area contributed by atoms with Crippen molar-refractivity contribution in [3.8, 4) is 5.75 Å². The van der Waals surface area contributed by atoms with Crippen molar-refractivity contribution in [1.82, 2.24) is 19.8 Å². The van der Waals surface area contributed by atoms with Crippen molar-refractivity contribution in [2.24, 2.45) is 0 Å². The van der Waals surface area contributed by atoms with Crippen LogP contribution in [0.25, 0.3) is 0 Å². The number of esters is 1. The standard InChI is InChI=1S/C23H28N4O5/c1-6-32-23(30)19-15(3)24-16(4)25-20(19)22(29)26-11-12-27(14(2)13-26)21(28)17-7-9-18(31-5)10-8-17/h7-10,14H,6,11-13H2,1-5H3. The van der Waals surface area contributed by atoms with E-state index in [1.807, 2.05) is 6.92 Å². The average Bonchev–Trinajstić information content (AvgIpc) is 2.77. The predicted octanol–water partition coefficient (Wildman–Crippen LogP) is 2.27. The third-order valence-electron chi connectivity index (χ3n) is 5.40. The number of hydrogen-bond donors (Lipinski definition) is 0. The van der Waals surface area contributed by atoms with Crippen molar-refractivity contribution in [3.05, 3.63) is 52.6 Å². The first-order valence-corrected chi connectivity index (χ1v) is 10.5. The summed E-state index contributed by atoms with van der Waals surface area (Å²) in [6, 6.07) is 6.73. The van der Waals surface area contributed by atoms with Gasteiger partial charge in [0, 0.05) is 31.2 Å². The Morgan fingerprint density at radius 1 is 1.06 bits per heavy atom. The molecule has 32 heavy (non-hydrogen) atoms. The van der Waals surface area contributed by atoms with E-state index < -0.39 is 5.97 Å². The Morgan fingerprint density at radius 2 is 1.75 bits per heavy atom. The van der Waals surface area contributed by atoms with Crippen LogP contribution in [0.15, 0.2) is 24.3 Å². The summed E-state index contributed by atoms with van der Waals surface area (Å²) in [6.07, 6.45) is 0. The van der Waals surface area contributed by atoms with Crippen molar-refractivity contribution < 1.29 is 23.9 Å². The molecule has 0 radical (unpaired) electrons. The Labute approximate surface area is 187 Å². The second-order valence-electron chi connectivity index (χ2n) is 7.63. The highest BCUT2D eigenvalue weighted by atomic mass is 16.5. The maximum Gasteiger partial charge on any atom is 0.342 e. The third-order valence-corrected chi connectivity index (χ3v) is 5.40. The summed E-state index contributed by atoms with van der Waals surface area (Å²) >= 11 is 0. The molecule has 1 fully saturated rings. The predicted molar refractivity (Wildman–Crippen MR) is 117 cm³/mol. The van der Waals surface area contributed by atoms with Crippen LogP contribution in [0, 0.1) is 13.8 Å². The number of hydrogen-bond acceptors (Lipinski definition) is 7. The number of methoxy groups -OCH3 is 1. The molecule has 2 aromatic rings. The number of benzene rings is 1. The van der Waals surface area contributed by atoms with E-state index in [1.54, 1.807) is 61.9 Å². The van der Waals surface area contributed by atoms with Gasteiger partial charge >= 0.3 is 5.97 Å². The van der Waals surface area contributed by atoms with Crippen LogP contribution in [0.2, 0.25) is 0 Å².